The summed E-state index contributed by atoms with van der Waals surface area (Å²) in [5, 5.41) is 18.9. The quantitative estimate of drug-likeness (QED) is 0.320. The molecule has 6 N–H and O–H groups in total. The SMILES string of the molecule is Cc1ccc2[nH]ncc2c1-c1nc(-c2ccccc2C(O)c2ccccn2)nc(C(N)=O)c1N. The Balaban J connectivity index is 1.77. The van der Waals surface area contributed by atoms with Crippen LogP contribution < -0.4 is 11.5 Å². The average Bonchev–Trinajstić information content (AvgIpc) is 3.33. The summed E-state index contributed by atoms with van der Waals surface area (Å²) in [5.74, 6) is -0.564. The normalized spacial score (nSPS) is 12.1. The van der Waals surface area contributed by atoms with Crippen LogP contribution in [-0.2, 0) is 0 Å². The van der Waals surface area contributed by atoms with Crippen molar-refractivity contribution in [3.05, 3.63) is 89.5 Å². The van der Waals surface area contributed by atoms with Crippen molar-refractivity contribution in [3.63, 3.8) is 0 Å². The van der Waals surface area contributed by atoms with Crippen LogP contribution in [0.15, 0.2) is 67.0 Å². The molecule has 1 unspecified atom stereocenters. The number of aryl methyl sites for hydroxylation is 1. The van der Waals surface area contributed by atoms with Crippen molar-refractivity contribution in [1.82, 2.24) is 25.1 Å². The highest BCUT2D eigenvalue weighted by molar-refractivity contribution is 6.04. The first-order valence-electron chi connectivity index (χ1n) is 10.5. The van der Waals surface area contributed by atoms with Crippen LogP contribution in [0.1, 0.15) is 33.4 Å². The van der Waals surface area contributed by atoms with Crippen LogP contribution in [0, 0.1) is 6.92 Å². The molecule has 0 saturated carbocycles. The molecule has 168 valence electrons. The average molecular weight is 451 g/mol. The van der Waals surface area contributed by atoms with E-state index in [0.717, 1.165) is 22.0 Å². The van der Waals surface area contributed by atoms with E-state index in [0.29, 0.717) is 22.5 Å². The fourth-order valence-electron chi connectivity index (χ4n) is 4.05. The molecule has 9 heteroatoms. The van der Waals surface area contributed by atoms with E-state index in [4.69, 9.17) is 16.5 Å². The number of hydrogen-bond donors (Lipinski definition) is 4. The summed E-state index contributed by atoms with van der Waals surface area (Å²) in [5.41, 5.74) is 16.3. The van der Waals surface area contributed by atoms with Crippen molar-refractivity contribution in [1.29, 1.82) is 0 Å². The summed E-state index contributed by atoms with van der Waals surface area (Å²) in [4.78, 5) is 25.7. The van der Waals surface area contributed by atoms with E-state index in [1.165, 1.54) is 0 Å². The number of rotatable bonds is 5. The molecule has 0 spiro atoms. The number of primary amides is 1. The molecular formula is C25H21N7O2. The maximum Gasteiger partial charge on any atom is 0.269 e. The van der Waals surface area contributed by atoms with Crippen LogP contribution in [0.3, 0.4) is 0 Å². The van der Waals surface area contributed by atoms with Gasteiger partial charge in [-0.15, -0.1) is 0 Å². The fraction of sp³-hybridized carbons (Fsp3) is 0.0800. The van der Waals surface area contributed by atoms with Crippen molar-refractivity contribution in [2.45, 2.75) is 13.0 Å². The minimum atomic E-state index is -1.03. The second kappa shape index (κ2) is 8.38. The summed E-state index contributed by atoms with van der Waals surface area (Å²) >= 11 is 0. The molecule has 34 heavy (non-hydrogen) atoms. The molecule has 1 atom stereocenters. The van der Waals surface area contributed by atoms with Gasteiger partial charge in [0.1, 0.15) is 6.10 Å². The molecule has 0 aliphatic rings. The van der Waals surface area contributed by atoms with Gasteiger partial charge in [0.25, 0.3) is 5.91 Å². The Hall–Kier alpha value is -4.63. The van der Waals surface area contributed by atoms with E-state index in [2.05, 4.69) is 20.2 Å². The molecule has 0 fully saturated rings. The molecule has 2 aromatic carbocycles. The van der Waals surface area contributed by atoms with E-state index < -0.39 is 12.0 Å². The number of nitrogens with zero attached hydrogens (tertiary/aromatic N) is 4. The van der Waals surface area contributed by atoms with Crippen LogP contribution in [0.2, 0.25) is 0 Å². The topological polar surface area (TPSA) is 157 Å². The lowest BCUT2D eigenvalue weighted by Gasteiger charge is -2.17. The van der Waals surface area contributed by atoms with Crippen molar-refractivity contribution in [3.8, 4) is 22.6 Å². The van der Waals surface area contributed by atoms with Gasteiger partial charge in [0.05, 0.1) is 28.8 Å². The Labute approximate surface area is 194 Å². The number of H-pyrrole nitrogens is 1. The predicted molar refractivity (Wildman–Crippen MR) is 129 cm³/mol. The zero-order chi connectivity index (χ0) is 23.8. The van der Waals surface area contributed by atoms with Crippen LogP contribution in [0.25, 0.3) is 33.5 Å². The summed E-state index contributed by atoms with van der Waals surface area (Å²) in [6, 6.07) is 16.3. The number of nitrogen functional groups attached to an aromatic ring is 1. The molecule has 0 bridgehead atoms. The van der Waals surface area contributed by atoms with E-state index in [1.54, 1.807) is 54.9 Å². The Bertz CT molecular complexity index is 1530. The largest absolute Gasteiger partial charge is 0.395 e. The van der Waals surface area contributed by atoms with Gasteiger partial charge in [-0.05, 0) is 36.2 Å². The summed E-state index contributed by atoms with van der Waals surface area (Å²) < 4.78 is 0. The Morgan fingerprint density at radius 3 is 2.62 bits per heavy atom. The van der Waals surface area contributed by atoms with Gasteiger partial charge >= 0.3 is 0 Å². The minimum Gasteiger partial charge on any atom is -0.395 e. The standard InChI is InChI=1S/C25H21N7O2/c1-13-9-10-17-16(12-29-32-17)19(13)21-20(26)22(24(27)34)31-25(30-21)15-7-3-2-6-14(15)23(33)18-8-4-5-11-28-18/h2-12,23,33H,26H2,1H3,(H2,27,34)(H,29,32). The molecule has 0 saturated heterocycles. The molecular weight excluding hydrogens is 430 g/mol. The van der Waals surface area contributed by atoms with Crippen LogP contribution >= 0.6 is 0 Å². The van der Waals surface area contributed by atoms with Gasteiger partial charge in [-0.1, -0.05) is 36.4 Å². The third kappa shape index (κ3) is 3.54. The van der Waals surface area contributed by atoms with E-state index in [9.17, 15) is 9.90 Å². The molecule has 0 aliphatic heterocycles. The van der Waals surface area contributed by atoms with E-state index >= 15 is 0 Å². The molecule has 9 nitrogen and oxygen atoms in total. The number of amides is 1. The van der Waals surface area contributed by atoms with Gasteiger partial charge in [-0.25, -0.2) is 9.97 Å². The summed E-state index contributed by atoms with van der Waals surface area (Å²) in [7, 11) is 0. The highest BCUT2D eigenvalue weighted by Crippen LogP contribution is 2.37. The van der Waals surface area contributed by atoms with Crippen LogP contribution in [-0.4, -0.2) is 36.2 Å². The second-order valence-corrected chi connectivity index (χ2v) is 7.86. The monoisotopic (exact) mass is 451 g/mol. The maximum absolute atomic E-state index is 12.3. The lowest BCUT2D eigenvalue weighted by molar-refractivity contribution is 0.0996. The highest BCUT2D eigenvalue weighted by Gasteiger charge is 2.24. The number of aliphatic hydroxyl groups is 1. The number of aromatic amines is 1. The lowest BCUT2D eigenvalue weighted by atomic mass is 9.97. The number of fused-ring (bicyclic) bond motifs is 1. The molecule has 0 aliphatic carbocycles. The van der Waals surface area contributed by atoms with Crippen LogP contribution in [0.5, 0.6) is 0 Å². The van der Waals surface area contributed by atoms with Gasteiger partial charge in [-0.3, -0.25) is 14.9 Å². The number of carbonyl (C=O) groups excluding carboxylic acids is 1. The number of carbonyl (C=O) groups is 1. The molecule has 0 radical (unpaired) electrons. The number of hydrogen-bond acceptors (Lipinski definition) is 7. The number of benzene rings is 2. The number of nitrogens with two attached hydrogens (primary N) is 2. The Kier molecular flexibility index (Phi) is 5.23. The number of aromatic nitrogens is 5. The summed E-state index contributed by atoms with van der Waals surface area (Å²) in [6.45, 7) is 1.92. The van der Waals surface area contributed by atoms with Gasteiger partial charge in [0.15, 0.2) is 11.5 Å². The zero-order valence-corrected chi connectivity index (χ0v) is 18.2. The fourth-order valence-corrected chi connectivity index (χ4v) is 4.05. The smallest absolute Gasteiger partial charge is 0.269 e. The predicted octanol–water partition coefficient (Wildman–Crippen LogP) is 3.15. The summed E-state index contributed by atoms with van der Waals surface area (Å²) in [6.07, 6.45) is 2.26. The van der Waals surface area contributed by atoms with Gasteiger partial charge < -0.3 is 16.6 Å². The first kappa shape index (κ1) is 21.2. The Morgan fingerprint density at radius 1 is 1.06 bits per heavy atom. The van der Waals surface area contributed by atoms with Gasteiger partial charge in [0, 0.05) is 22.7 Å². The first-order chi connectivity index (χ1) is 16.5. The third-order valence-corrected chi connectivity index (χ3v) is 5.71. The van der Waals surface area contributed by atoms with Crippen molar-refractivity contribution in [2.24, 2.45) is 5.73 Å². The minimum absolute atomic E-state index is 0.0794. The maximum atomic E-state index is 12.3. The molecule has 5 rings (SSSR count). The van der Waals surface area contributed by atoms with Crippen molar-refractivity contribution < 1.29 is 9.90 Å². The molecule has 1 amide bonds. The lowest BCUT2D eigenvalue weighted by Crippen LogP contribution is -2.18. The molecule has 3 heterocycles. The number of anilines is 1. The van der Waals surface area contributed by atoms with Crippen molar-refractivity contribution >= 4 is 22.5 Å². The van der Waals surface area contributed by atoms with E-state index in [1.807, 2.05) is 19.1 Å². The van der Waals surface area contributed by atoms with E-state index in [-0.39, 0.29) is 17.2 Å². The number of aliphatic hydroxyl groups excluding tert-OH is 1. The van der Waals surface area contributed by atoms with Gasteiger partial charge in [0.2, 0.25) is 0 Å². The molecule has 3 aromatic heterocycles. The Morgan fingerprint density at radius 2 is 1.85 bits per heavy atom. The number of nitrogens with one attached hydrogen (secondary N) is 1. The first-order valence-corrected chi connectivity index (χ1v) is 10.5. The zero-order valence-electron chi connectivity index (χ0n) is 18.2. The van der Waals surface area contributed by atoms with Crippen LogP contribution in [0.4, 0.5) is 5.69 Å². The highest BCUT2D eigenvalue weighted by atomic mass is 16.3. The van der Waals surface area contributed by atoms with Gasteiger partial charge in [-0.2, -0.15) is 5.10 Å². The van der Waals surface area contributed by atoms with Crippen molar-refractivity contribution in [2.75, 3.05) is 5.73 Å². The second-order valence-electron chi connectivity index (χ2n) is 7.86. The number of pyridine rings is 1. The molecule has 5 aromatic rings. The third-order valence-electron chi connectivity index (χ3n) is 5.71.